The number of aryl methyl sites for hydroxylation is 3. The number of fused-ring (bicyclic) bond motifs is 1. The van der Waals surface area contributed by atoms with Crippen molar-refractivity contribution in [1.29, 1.82) is 0 Å². The number of ketones is 1. The summed E-state index contributed by atoms with van der Waals surface area (Å²) in [6.45, 7) is 7.23. The summed E-state index contributed by atoms with van der Waals surface area (Å²) in [5.74, 6) is -0.0685. The first-order chi connectivity index (χ1) is 21.9. The summed E-state index contributed by atoms with van der Waals surface area (Å²) < 4.78 is 1.96. The fraction of sp³-hybridized carbons (Fsp3) is 0.450. The highest BCUT2D eigenvalue weighted by molar-refractivity contribution is 6.10. The first kappa shape index (κ1) is 34.2. The van der Waals surface area contributed by atoms with Crippen LogP contribution in [0.5, 0.6) is 0 Å². The Morgan fingerprint density at radius 3 is 2.04 bits per heavy atom. The molecule has 5 nitrogen and oxygen atoms in total. The van der Waals surface area contributed by atoms with Crippen molar-refractivity contribution in [3.8, 4) is 0 Å². The summed E-state index contributed by atoms with van der Waals surface area (Å²) in [4.78, 5) is 26.9. The third-order valence-electron chi connectivity index (χ3n) is 9.08. The lowest BCUT2D eigenvalue weighted by atomic mass is 9.83. The number of hydrogen-bond acceptors (Lipinski definition) is 3. The number of nitrogens with two attached hydrogens (primary N) is 1. The van der Waals surface area contributed by atoms with Gasteiger partial charge in [0.05, 0.1) is 5.69 Å². The molecule has 2 aromatic carbocycles. The molecule has 0 atom stereocenters. The Balaban J connectivity index is 1.46. The topological polar surface area (TPSA) is 76.6 Å². The zero-order valence-corrected chi connectivity index (χ0v) is 27.7. The van der Waals surface area contributed by atoms with Gasteiger partial charge in [0, 0.05) is 34.9 Å². The van der Waals surface area contributed by atoms with E-state index in [1.165, 1.54) is 36.8 Å². The lowest BCUT2D eigenvalue weighted by molar-refractivity contribution is 0.0952. The highest BCUT2D eigenvalue weighted by Gasteiger charge is 2.24. The third kappa shape index (κ3) is 9.64. The summed E-state index contributed by atoms with van der Waals surface area (Å²) in [6, 6.07) is 24.2. The van der Waals surface area contributed by atoms with E-state index in [0.717, 1.165) is 68.9 Å². The van der Waals surface area contributed by atoms with Crippen molar-refractivity contribution in [2.75, 3.05) is 6.54 Å². The lowest BCUT2D eigenvalue weighted by Gasteiger charge is -2.30. The molecule has 0 fully saturated rings. The highest BCUT2D eigenvalue weighted by Crippen LogP contribution is 2.26. The second-order valence-corrected chi connectivity index (χ2v) is 12.8. The number of aromatic nitrogens is 1. The molecule has 4 aromatic rings. The van der Waals surface area contributed by atoms with E-state index in [1.54, 1.807) is 0 Å². The van der Waals surface area contributed by atoms with Crippen LogP contribution in [-0.4, -0.2) is 28.2 Å². The predicted octanol–water partition coefficient (Wildman–Crippen LogP) is 8.89. The molecule has 0 unspecified atom stereocenters. The number of carbonyl (C=O) groups is 2. The monoisotopic (exact) mass is 607 g/mol. The third-order valence-corrected chi connectivity index (χ3v) is 9.08. The van der Waals surface area contributed by atoms with Crippen LogP contribution in [-0.2, 0) is 19.3 Å². The minimum atomic E-state index is -0.114. The first-order valence-electron chi connectivity index (χ1n) is 17.3. The zero-order valence-electron chi connectivity index (χ0n) is 27.7. The molecule has 2 heterocycles. The molecule has 0 aliphatic rings. The normalized spacial score (nSPS) is 11.6. The summed E-state index contributed by atoms with van der Waals surface area (Å²) in [7, 11) is 0. The van der Waals surface area contributed by atoms with E-state index >= 15 is 0 Å². The molecule has 5 heteroatoms. The van der Waals surface area contributed by atoms with Crippen LogP contribution in [0.15, 0.2) is 79.0 Å². The number of carbonyl (C=O) groups excluding carboxylic acids is 2. The van der Waals surface area contributed by atoms with Crippen LogP contribution >= 0.6 is 0 Å². The molecule has 3 N–H and O–H groups in total. The Bertz CT molecular complexity index is 1500. The molecule has 0 bridgehead atoms. The van der Waals surface area contributed by atoms with Crippen molar-refractivity contribution in [1.82, 2.24) is 9.72 Å². The fourth-order valence-electron chi connectivity index (χ4n) is 6.22. The maximum atomic E-state index is 14.0. The fourth-order valence-corrected chi connectivity index (χ4v) is 6.22. The Kier molecular flexibility index (Phi) is 13.0. The van der Waals surface area contributed by atoms with Crippen molar-refractivity contribution < 1.29 is 9.59 Å². The summed E-state index contributed by atoms with van der Waals surface area (Å²) >= 11 is 0. The van der Waals surface area contributed by atoms with Crippen LogP contribution in [0.3, 0.4) is 0 Å². The minimum absolute atomic E-state index is 0.0184. The van der Waals surface area contributed by atoms with Crippen molar-refractivity contribution in [3.05, 3.63) is 113 Å². The Morgan fingerprint density at radius 2 is 1.38 bits per heavy atom. The molecule has 45 heavy (non-hydrogen) atoms. The van der Waals surface area contributed by atoms with Crippen molar-refractivity contribution in [3.63, 3.8) is 0 Å². The Morgan fingerprint density at radius 1 is 0.711 bits per heavy atom. The van der Waals surface area contributed by atoms with Crippen molar-refractivity contribution in [2.24, 2.45) is 5.73 Å². The molecule has 240 valence electrons. The molecule has 0 aliphatic carbocycles. The van der Waals surface area contributed by atoms with E-state index in [9.17, 15) is 9.59 Å². The highest BCUT2D eigenvalue weighted by atomic mass is 16.1. The van der Waals surface area contributed by atoms with E-state index in [-0.39, 0.29) is 17.2 Å². The van der Waals surface area contributed by atoms with Gasteiger partial charge in [-0.1, -0.05) is 107 Å². The second kappa shape index (κ2) is 17.1. The molecular weight excluding hydrogens is 554 g/mol. The van der Waals surface area contributed by atoms with Gasteiger partial charge in [-0.15, -0.1) is 0 Å². The summed E-state index contributed by atoms with van der Waals surface area (Å²) in [5, 5.41) is 3.06. The van der Waals surface area contributed by atoms with Crippen LogP contribution in [0, 0.1) is 0 Å². The van der Waals surface area contributed by atoms with Gasteiger partial charge in [0.2, 0.25) is 5.78 Å². The number of amides is 1. The Labute approximate surface area is 270 Å². The number of unbranched alkanes of at least 4 members (excludes halogenated alkanes) is 3. The molecule has 2 aromatic heterocycles. The largest absolute Gasteiger partial charge is 0.352 e. The van der Waals surface area contributed by atoms with Gasteiger partial charge in [-0.25, -0.2) is 0 Å². The number of nitrogens with zero attached hydrogens (tertiary/aromatic N) is 1. The summed E-state index contributed by atoms with van der Waals surface area (Å²) in [5.41, 5.74) is 13.1. The number of rotatable bonds is 19. The van der Waals surface area contributed by atoms with Crippen molar-refractivity contribution in [2.45, 2.75) is 110 Å². The Hall–Kier alpha value is -3.70. The maximum absolute atomic E-state index is 14.0. The maximum Gasteiger partial charge on any atom is 0.251 e. The van der Waals surface area contributed by atoms with Crippen LogP contribution in [0.2, 0.25) is 0 Å². The van der Waals surface area contributed by atoms with Gasteiger partial charge < -0.3 is 15.5 Å². The molecular formula is C40H53N3O2. The van der Waals surface area contributed by atoms with E-state index in [2.05, 4.69) is 56.4 Å². The second-order valence-electron chi connectivity index (χ2n) is 12.8. The van der Waals surface area contributed by atoms with Gasteiger partial charge in [-0.2, -0.15) is 0 Å². The lowest BCUT2D eigenvalue weighted by Crippen LogP contribution is -2.40. The number of hydrogen-bond donors (Lipinski definition) is 2. The van der Waals surface area contributed by atoms with Crippen LogP contribution in [0.1, 0.15) is 128 Å². The average Bonchev–Trinajstić information content (AvgIpc) is 3.44. The molecule has 0 radical (unpaired) electrons. The molecule has 0 spiro atoms. The molecule has 0 saturated heterocycles. The number of benzene rings is 2. The molecule has 1 amide bonds. The van der Waals surface area contributed by atoms with E-state index in [1.807, 2.05) is 53.1 Å². The SMILES string of the molecule is CCCCc1cc2cc(C(=O)NCCCc3ccccc3)ccn2c1C(=O)c1ccc(CCC(N)(CCCC)CCCC)cc1. The quantitative estimate of drug-likeness (QED) is 0.0826. The average molecular weight is 608 g/mol. The van der Waals surface area contributed by atoms with Gasteiger partial charge in [0.25, 0.3) is 5.91 Å². The smallest absolute Gasteiger partial charge is 0.251 e. The molecule has 4 rings (SSSR count). The van der Waals surface area contributed by atoms with E-state index < -0.39 is 0 Å². The van der Waals surface area contributed by atoms with Gasteiger partial charge in [-0.05, 0) is 86.3 Å². The van der Waals surface area contributed by atoms with Gasteiger partial charge >= 0.3 is 0 Å². The van der Waals surface area contributed by atoms with E-state index in [0.29, 0.717) is 23.4 Å². The number of nitrogens with one attached hydrogen (secondary N) is 1. The first-order valence-corrected chi connectivity index (χ1v) is 17.3. The predicted molar refractivity (Wildman–Crippen MR) is 187 cm³/mol. The summed E-state index contributed by atoms with van der Waals surface area (Å²) in [6.07, 6.45) is 15.3. The zero-order chi connectivity index (χ0) is 32.1. The number of pyridine rings is 1. The molecule has 0 saturated carbocycles. The van der Waals surface area contributed by atoms with Gasteiger partial charge in [-0.3, -0.25) is 9.59 Å². The standard InChI is InChI=1S/C40H53N3O2/c1-4-7-17-34-29-36-30-35(39(45)42-27-13-16-31-14-11-10-12-15-31)23-28-43(36)37(34)38(44)33-20-18-32(19-21-33)22-26-40(41,24-8-5-2)25-9-6-3/h10-12,14-15,18-21,23,28-30H,4-9,13,16-17,22,24-27,41H2,1-3H3,(H,42,45). The van der Waals surface area contributed by atoms with Crippen LogP contribution in [0.25, 0.3) is 5.52 Å². The van der Waals surface area contributed by atoms with Crippen molar-refractivity contribution >= 4 is 17.2 Å². The van der Waals surface area contributed by atoms with Gasteiger partial charge in [0.1, 0.15) is 0 Å². The van der Waals surface area contributed by atoms with Crippen LogP contribution in [0.4, 0.5) is 0 Å². The minimum Gasteiger partial charge on any atom is -0.352 e. The van der Waals surface area contributed by atoms with Gasteiger partial charge in [0.15, 0.2) is 0 Å². The van der Waals surface area contributed by atoms with E-state index in [4.69, 9.17) is 5.73 Å². The van der Waals surface area contributed by atoms with Crippen LogP contribution < -0.4 is 11.1 Å². The molecule has 0 aliphatic heterocycles.